The lowest BCUT2D eigenvalue weighted by Crippen LogP contribution is -2.29. The van der Waals surface area contributed by atoms with Crippen molar-refractivity contribution in [3.63, 3.8) is 0 Å². The second-order valence-electron chi connectivity index (χ2n) is 7.35. The topological polar surface area (TPSA) is 106 Å². The van der Waals surface area contributed by atoms with Crippen LogP contribution in [0.4, 0.5) is 9.52 Å². The number of amides is 1. The average Bonchev–Trinajstić information content (AvgIpc) is 3.35. The third-order valence-electron chi connectivity index (χ3n) is 5.36. The second-order valence-corrected chi connectivity index (χ2v) is 8.33. The number of thiazole rings is 1. The molecular weight excluding hydrogens is 463 g/mol. The minimum absolute atomic E-state index is 0.0963. The van der Waals surface area contributed by atoms with E-state index >= 15 is 0 Å². The quantitative estimate of drug-likeness (QED) is 0.253. The van der Waals surface area contributed by atoms with Gasteiger partial charge in [-0.1, -0.05) is 23.5 Å². The number of anilines is 1. The maximum absolute atomic E-state index is 13.4. The van der Waals surface area contributed by atoms with E-state index < -0.39 is 35.3 Å². The fourth-order valence-corrected chi connectivity index (χ4v) is 4.67. The number of methoxy groups -OCH3 is 2. The first-order valence-electron chi connectivity index (χ1n) is 10.0. The molecule has 1 aliphatic heterocycles. The molecule has 1 amide bonds. The average molecular weight is 482 g/mol. The van der Waals surface area contributed by atoms with Crippen molar-refractivity contribution in [3.05, 3.63) is 81.6 Å². The molecule has 34 heavy (non-hydrogen) atoms. The predicted molar refractivity (Wildman–Crippen MR) is 122 cm³/mol. The van der Waals surface area contributed by atoms with Crippen LogP contribution in [0.1, 0.15) is 32.5 Å². The highest BCUT2D eigenvalue weighted by Gasteiger charge is 2.48. The van der Waals surface area contributed by atoms with E-state index in [0.717, 1.165) is 28.4 Å². The van der Waals surface area contributed by atoms with Gasteiger partial charge < -0.3 is 14.6 Å². The molecule has 1 saturated heterocycles. The van der Waals surface area contributed by atoms with Crippen molar-refractivity contribution < 1.29 is 33.4 Å². The number of Topliss-reactive ketones (excluding diaryl/α,β-unsaturated/α-hetero) is 1. The summed E-state index contributed by atoms with van der Waals surface area (Å²) >= 11 is 0.902. The molecular formula is C24H19FN2O6S. The van der Waals surface area contributed by atoms with Gasteiger partial charge in [-0.25, -0.2) is 14.2 Å². The maximum Gasteiger partial charge on any atom is 0.350 e. The Hall–Kier alpha value is -4.05. The Morgan fingerprint density at radius 1 is 1.09 bits per heavy atom. The molecule has 0 bridgehead atoms. The van der Waals surface area contributed by atoms with Gasteiger partial charge in [0.05, 0.1) is 31.5 Å². The van der Waals surface area contributed by atoms with Gasteiger partial charge in [-0.05, 0) is 48.9 Å². The first kappa shape index (κ1) is 23.1. The summed E-state index contributed by atoms with van der Waals surface area (Å²) < 4.78 is 23.4. The molecule has 10 heteroatoms. The molecule has 2 aromatic carbocycles. The molecule has 0 spiro atoms. The number of nitrogens with zero attached hydrogens (tertiary/aromatic N) is 2. The lowest BCUT2D eigenvalue weighted by atomic mass is 9.95. The number of rotatable bonds is 5. The normalized spacial score (nSPS) is 17.2. The van der Waals surface area contributed by atoms with E-state index in [0.29, 0.717) is 17.0 Å². The van der Waals surface area contributed by atoms with Crippen LogP contribution < -0.4 is 9.64 Å². The highest BCUT2D eigenvalue weighted by molar-refractivity contribution is 7.17. The lowest BCUT2D eigenvalue weighted by Gasteiger charge is -2.23. The fourth-order valence-electron chi connectivity index (χ4n) is 3.66. The Labute approximate surface area is 197 Å². The van der Waals surface area contributed by atoms with Crippen LogP contribution in [0.2, 0.25) is 0 Å². The third kappa shape index (κ3) is 3.92. The van der Waals surface area contributed by atoms with Crippen molar-refractivity contribution in [2.45, 2.75) is 13.0 Å². The van der Waals surface area contributed by atoms with E-state index in [1.807, 2.05) is 0 Å². The maximum atomic E-state index is 13.4. The first-order valence-corrected chi connectivity index (χ1v) is 10.8. The van der Waals surface area contributed by atoms with Gasteiger partial charge in [0, 0.05) is 5.56 Å². The van der Waals surface area contributed by atoms with Gasteiger partial charge in [0.25, 0.3) is 5.78 Å². The smallest absolute Gasteiger partial charge is 0.350 e. The van der Waals surface area contributed by atoms with Gasteiger partial charge in [0.1, 0.15) is 22.2 Å². The van der Waals surface area contributed by atoms with Crippen molar-refractivity contribution in [1.82, 2.24) is 4.98 Å². The summed E-state index contributed by atoms with van der Waals surface area (Å²) in [5.74, 6) is -2.90. The van der Waals surface area contributed by atoms with Crippen LogP contribution in [0.3, 0.4) is 0 Å². The number of aliphatic hydroxyl groups is 1. The van der Waals surface area contributed by atoms with E-state index in [2.05, 4.69) is 4.98 Å². The SMILES string of the molecule is COC(=O)c1sc(N2C(=O)C(=O)/C(=C(/O)c3ccc(F)cc3)[C@@H]2c2ccc(OC)cc2)nc1C. The first-order chi connectivity index (χ1) is 16.3. The van der Waals surface area contributed by atoms with Gasteiger partial charge in [0.15, 0.2) is 5.13 Å². The van der Waals surface area contributed by atoms with Gasteiger partial charge in [0.2, 0.25) is 0 Å². The lowest BCUT2D eigenvalue weighted by molar-refractivity contribution is -0.132. The van der Waals surface area contributed by atoms with Crippen LogP contribution in [0.25, 0.3) is 5.76 Å². The molecule has 1 aromatic heterocycles. The van der Waals surface area contributed by atoms with Crippen LogP contribution in [-0.2, 0) is 14.3 Å². The summed E-state index contributed by atoms with van der Waals surface area (Å²) in [5, 5.41) is 11.1. The number of ketones is 1. The zero-order valence-electron chi connectivity index (χ0n) is 18.4. The molecule has 1 aliphatic rings. The highest BCUT2D eigenvalue weighted by Crippen LogP contribution is 2.44. The Morgan fingerprint density at radius 3 is 2.32 bits per heavy atom. The van der Waals surface area contributed by atoms with Gasteiger partial charge in [-0.3, -0.25) is 14.5 Å². The van der Waals surface area contributed by atoms with E-state index in [9.17, 15) is 23.9 Å². The minimum Gasteiger partial charge on any atom is -0.507 e. The summed E-state index contributed by atoms with van der Waals surface area (Å²) in [6, 6.07) is 10.5. The number of carbonyl (C=O) groups is 3. The number of esters is 1. The van der Waals surface area contributed by atoms with Gasteiger partial charge in [-0.15, -0.1) is 0 Å². The van der Waals surface area contributed by atoms with Crippen LogP contribution >= 0.6 is 11.3 Å². The standard InChI is InChI=1S/C24H19FN2O6S/c1-12-21(23(31)33-3)34-24(26-12)27-18(13-6-10-16(32-2)11-7-13)17(20(29)22(27)30)19(28)14-4-8-15(25)9-5-14/h4-11,18,28H,1-3H3/b19-17+/t18-/m0/s1. The Morgan fingerprint density at radius 2 is 1.74 bits per heavy atom. The Bertz CT molecular complexity index is 1310. The largest absolute Gasteiger partial charge is 0.507 e. The summed E-state index contributed by atoms with van der Waals surface area (Å²) in [7, 11) is 2.73. The number of halogens is 1. The molecule has 174 valence electrons. The van der Waals surface area contributed by atoms with E-state index in [4.69, 9.17) is 9.47 Å². The molecule has 1 fully saturated rings. The predicted octanol–water partition coefficient (Wildman–Crippen LogP) is 4.01. The number of aryl methyl sites for hydroxylation is 1. The van der Waals surface area contributed by atoms with E-state index in [1.54, 1.807) is 31.2 Å². The monoisotopic (exact) mass is 482 g/mol. The fraction of sp³-hybridized carbons (Fsp3) is 0.167. The molecule has 8 nitrogen and oxygen atoms in total. The molecule has 0 unspecified atom stereocenters. The number of hydrogen-bond donors (Lipinski definition) is 1. The molecule has 3 aromatic rings. The molecule has 0 aliphatic carbocycles. The van der Waals surface area contributed by atoms with Crippen molar-refractivity contribution in [2.75, 3.05) is 19.1 Å². The highest BCUT2D eigenvalue weighted by atomic mass is 32.1. The van der Waals surface area contributed by atoms with E-state index in [1.165, 1.54) is 26.4 Å². The number of aliphatic hydroxyl groups excluding tert-OH is 1. The number of benzene rings is 2. The van der Waals surface area contributed by atoms with E-state index in [-0.39, 0.29) is 21.1 Å². The van der Waals surface area contributed by atoms with Crippen molar-refractivity contribution in [3.8, 4) is 5.75 Å². The van der Waals surface area contributed by atoms with Crippen LogP contribution in [0.15, 0.2) is 54.1 Å². The summed E-state index contributed by atoms with van der Waals surface area (Å²) in [5.41, 5.74) is 0.814. The Kier molecular flexibility index (Phi) is 6.16. The summed E-state index contributed by atoms with van der Waals surface area (Å²) in [6.45, 7) is 1.59. The summed E-state index contributed by atoms with van der Waals surface area (Å²) in [4.78, 5) is 44.1. The third-order valence-corrected chi connectivity index (χ3v) is 6.49. The second kappa shape index (κ2) is 9.06. The van der Waals surface area contributed by atoms with Crippen LogP contribution in [0.5, 0.6) is 5.75 Å². The summed E-state index contributed by atoms with van der Waals surface area (Å²) in [6.07, 6.45) is 0. The molecule has 1 atom stereocenters. The molecule has 1 N–H and O–H groups in total. The van der Waals surface area contributed by atoms with Crippen LogP contribution in [0, 0.1) is 12.7 Å². The number of aromatic nitrogens is 1. The van der Waals surface area contributed by atoms with Crippen LogP contribution in [-0.4, -0.2) is 42.0 Å². The number of carbonyl (C=O) groups excluding carboxylic acids is 3. The number of hydrogen-bond acceptors (Lipinski definition) is 8. The minimum atomic E-state index is -1.05. The van der Waals surface area contributed by atoms with Crippen molar-refractivity contribution in [1.29, 1.82) is 0 Å². The molecule has 2 heterocycles. The zero-order chi connectivity index (χ0) is 24.6. The Balaban J connectivity index is 1.92. The van der Waals surface area contributed by atoms with Crippen molar-refractivity contribution >= 4 is 39.9 Å². The van der Waals surface area contributed by atoms with Crippen molar-refractivity contribution in [2.24, 2.45) is 0 Å². The molecule has 0 radical (unpaired) electrons. The molecule has 0 saturated carbocycles. The van der Waals surface area contributed by atoms with Gasteiger partial charge in [-0.2, -0.15) is 0 Å². The number of ether oxygens (including phenoxy) is 2. The zero-order valence-corrected chi connectivity index (χ0v) is 19.2. The molecule has 4 rings (SSSR count). The van der Waals surface area contributed by atoms with Gasteiger partial charge >= 0.3 is 11.9 Å².